The molecule has 0 aromatic rings. The molecule has 0 aromatic heterocycles. The molecule has 4 aliphatic carbocycles. The van der Waals surface area contributed by atoms with Gasteiger partial charge in [0.25, 0.3) is 0 Å². The highest BCUT2D eigenvalue weighted by Gasteiger charge is 2.57. The highest BCUT2D eigenvalue weighted by Crippen LogP contribution is 2.50. The predicted molar refractivity (Wildman–Crippen MR) is 162 cm³/mol. The first kappa shape index (κ1) is 35.9. The fraction of sp³-hybridized carbons (Fsp3) is 0.588. The lowest BCUT2D eigenvalue weighted by molar-refractivity contribution is -0.152. The number of hydrogen-bond donors (Lipinski definition) is 2. The molecule has 0 spiro atoms. The molecule has 0 unspecified atom stereocenters. The average molecular weight is 659 g/mol. The van der Waals surface area contributed by atoms with Gasteiger partial charge in [-0.15, -0.1) is 0 Å². The van der Waals surface area contributed by atoms with Crippen molar-refractivity contribution in [3.8, 4) is 0 Å². The van der Waals surface area contributed by atoms with Crippen LogP contribution in [0.15, 0.2) is 45.6 Å². The molecule has 2 saturated heterocycles. The zero-order chi connectivity index (χ0) is 33.8. The van der Waals surface area contributed by atoms with Gasteiger partial charge in [-0.2, -0.15) is 0 Å². The zero-order valence-electron chi connectivity index (χ0n) is 27.2. The summed E-state index contributed by atoms with van der Waals surface area (Å²) >= 11 is 0. The topological polar surface area (TPSA) is 211 Å². The Morgan fingerprint density at radius 3 is 1.36 bits per heavy atom. The maximum Gasteiger partial charge on any atom is 0.309 e. The Labute approximate surface area is 271 Å². The van der Waals surface area contributed by atoms with Gasteiger partial charge in [0, 0.05) is 61.5 Å². The Hall–Kier alpha value is -3.94. The summed E-state index contributed by atoms with van der Waals surface area (Å²) in [4.78, 5) is 71.7. The van der Waals surface area contributed by atoms with Crippen LogP contribution in [-0.4, -0.2) is 88.8 Å². The van der Waals surface area contributed by atoms with Crippen LogP contribution in [0.25, 0.3) is 0 Å². The van der Waals surface area contributed by atoms with Crippen LogP contribution < -0.4 is 0 Å². The fourth-order valence-electron chi connectivity index (χ4n) is 8.27. The van der Waals surface area contributed by atoms with E-state index in [2.05, 4.69) is 0 Å². The van der Waals surface area contributed by atoms with Crippen LogP contribution in [-0.2, 0) is 47.7 Å². The number of fused-ring (bicyclic) bond motifs is 6. The number of rotatable bonds is 4. The number of carbonyl (C=O) groups is 6. The summed E-state index contributed by atoms with van der Waals surface area (Å²) in [6.07, 6.45) is 1.47. The van der Waals surface area contributed by atoms with E-state index in [1.165, 1.54) is 26.0 Å². The highest BCUT2D eigenvalue weighted by molar-refractivity contribution is 6.09. The van der Waals surface area contributed by atoms with Gasteiger partial charge in [0.05, 0.1) is 25.0 Å². The molecule has 10 atom stereocenters. The van der Waals surface area contributed by atoms with E-state index in [1.54, 1.807) is 13.8 Å². The van der Waals surface area contributed by atoms with Crippen LogP contribution >= 0.6 is 0 Å². The molecule has 4 N–H and O–H groups in total. The van der Waals surface area contributed by atoms with Gasteiger partial charge in [-0.3, -0.25) is 28.8 Å². The molecule has 2 aliphatic heterocycles. The summed E-state index contributed by atoms with van der Waals surface area (Å²) in [5.74, 6) is -4.25. The van der Waals surface area contributed by atoms with Crippen molar-refractivity contribution in [2.45, 2.75) is 78.8 Å². The Balaban J connectivity index is 0.000000208. The number of carbonyl (C=O) groups excluding carboxylic acids is 6. The van der Waals surface area contributed by atoms with Crippen LogP contribution in [0.1, 0.15) is 54.4 Å². The van der Waals surface area contributed by atoms with E-state index in [1.807, 2.05) is 13.8 Å². The Morgan fingerprint density at radius 1 is 0.723 bits per heavy atom. The van der Waals surface area contributed by atoms with Crippen LogP contribution in [0.4, 0.5) is 0 Å². The van der Waals surface area contributed by atoms with E-state index in [0.717, 1.165) is 11.1 Å². The molecule has 13 nitrogen and oxygen atoms in total. The number of allylic oxidation sites excluding steroid dienone is 2. The molecule has 47 heavy (non-hydrogen) atoms. The summed E-state index contributed by atoms with van der Waals surface area (Å²) < 4.78 is 22.0. The summed E-state index contributed by atoms with van der Waals surface area (Å²) in [5, 5.41) is 19.2. The SMILES string of the molecule is CC(=O)O[C@H]1CC(C)=C2C(=O)C=C(CO)[C@@H]2[C@H]2OC(=O)[C@@H](C)[C@@H]21.CC(=O)O[C@H]1CC(C)=C2C(=O)C=C(CO)[C@@H]2[C@H]2OC(=O)[C@@H](C)[C@@H]21.O. The van der Waals surface area contributed by atoms with Crippen LogP contribution in [0.2, 0.25) is 0 Å². The molecular formula is C34H42O13. The first-order chi connectivity index (χ1) is 21.7. The lowest BCUT2D eigenvalue weighted by Crippen LogP contribution is -2.38. The van der Waals surface area contributed by atoms with Crippen LogP contribution in [0, 0.1) is 35.5 Å². The minimum Gasteiger partial charge on any atom is -0.462 e. The van der Waals surface area contributed by atoms with Crippen molar-refractivity contribution in [3.05, 3.63) is 45.6 Å². The Kier molecular flexibility index (Phi) is 10.4. The van der Waals surface area contributed by atoms with Crippen LogP contribution in [0.3, 0.4) is 0 Å². The largest absolute Gasteiger partial charge is 0.462 e. The number of ether oxygens (including phenoxy) is 4. The van der Waals surface area contributed by atoms with E-state index in [-0.39, 0.29) is 54.0 Å². The van der Waals surface area contributed by atoms with Gasteiger partial charge in [-0.1, -0.05) is 25.0 Å². The lowest BCUT2D eigenvalue weighted by atomic mass is 9.79. The third-order valence-corrected chi connectivity index (χ3v) is 10.2. The van der Waals surface area contributed by atoms with Gasteiger partial charge in [0.1, 0.15) is 24.4 Å². The number of hydrogen-bond acceptors (Lipinski definition) is 12. The van der Waals surface area contributed by atoms with E-state index in [4.69, 9.17) is 18.9 Å². The fourth-order valence-corrected chi connectivity index (χ4v) is 8.27. The molecule has 0 amide bonds. The Bertz CT molecular complexity index is 1400. The molecule has 0 saturated carbocycles. The van der Waals surface area contributed by atoms with Crippen molar-refractivity contribution in [1.29, 1.82) is 0 Å². The molecule has 0 aromatic carbocycles. The van der Waals surface area contributed by atoms with E-state index < -0.39 is 60.0 Å². The third-order valence-electron chi connectivity index (χ3n) is 10.2. The minimum atomic E-state index is -0.584. The van der Waals surface area contributed by atoms with E-state index >= 15 is 0 Å². The van der Waals surface area contributed by atoms with Gasteiger partial charge < -0.3 is 34.6 Å². The molecule has 2 heterocycles. The van der Waals surface area contributed by atoms with E-state index in [0.29, 0.717) is 35.1 Å². The molecule has 13 heteroatoms. The van der Waals surface area contributed by atoms with Crippen molar-refractivity contribution in [1.82, 2.24) is 0 Å². The van der Waals surface area contributed by atoms with Gasteiger partial charge in [-0.25, -0.2) is 0 Å². The van der Waals surface area contributed by atoms with Crippen molar-refractivity contribution in [3.63, 3.8) is 0 Å². The van der Waals surface area contributed by atoms with Crippen molar-refractivity contribution >= 4 is 35.4 Å². The quantitative estimate of drug-likeness (QED) is 0.321. The molecule has 0 radical (unpaired) electrons. The van der Waals surface area contributed by atoms with Gasteiger partial charge in [0.15, 0.2) is 11.6 Å². The smallest absolute Gasteiger partial charge is 0.309 e. The summed E-state index contributed by atoms with van der Waals surface area (Å²) in [5.41, 5.74) is 3.91. The average Bonchev–Trinajstić information content (AvgIpc) is 3.63. The second-order valence-electron chi connectivity index (χ2n) is 13.1. The maximum atomic E-state index is 12.3. The highest BCUT2D eigenvalue weighted by atomic mass is 16.6. The van der Waals surface area contributed by atoms with E-state index in [9.17, 15) is 39.0 Å². The second kappa shape index (κ2) is 13.7. The number of esters is 4. The summed E-state index contributed by atoms with van der Waals surface area (Å²) in [6.45, 7) is 9.30. The lowest BCUT2D eigenvalue weighted by Gasteiger charge is -2.29. The molecule has 0 bridgehead atoms. The molecule has 256 valence electrons. The first-order valence-corrected chi connectivity index (χ1v) is 15.6. The second-order valence-corrected chi connectivity index (χ2v) is 13.1. The molecule has 6 rings (SSSR count). The maximum absolute atomic E-state index is 12.3. The van der Waals surface area contributed by atoms with Crippen molar-refractivity contribution in [2.75, 3.05) is 13.2 Å². The number of aliphatic hydroxyl groups is 2. The normalized spacial score (nSPS) is 35.4. The van der Waals surface area contributed by atoms with Crippen molar-refractivity contribution in [2.24, 2.45) is 35.5 Å². The summed E-state index contributed by atoms with van der Waals surface area (Å²) in [6, 6.07) is 0. The predicted octanol–water partition coefficient (Wildman–Crippen LogP) is 1.04. The molecule has 2 fully saturated rings. The summed E-state index contributed by atoms with van der Waals surface area (Å²) in [7, 11) is 0. The first-order valence-electron chi connectivity index (χ1n) is 15.6. The molecule has 6 aliphatic rings. The monoisotopic (exact) mass is 658 g/mol. The minimum absolute atomic E-state index is 0. The third kappa shape index (κ3) is 6.23. The van der Waals surface area contributed by atoms with Crippen molar-refractivity contribution < 1.29 is 63.4 Å². The number of ketones is 2. The van der Waals surface area contributed by atoms with Gasteiger partial charge >= 0.3 is 23.9 Å². The van der Waals surface area contributed by atoms with Gasteiger partial charge in [-0.05, 0) is 37.1 Å². The number of aliphatic hydroxyl groups excluding tert-OH is 2. The van der Waals surface area contributed by atoms with Gasteiger partial charge in [0.2, 0.25) is 0 Å². The Morgan fingerprint density at radius 2 is 1.06 bits per heavy atom. The van der Waals surface area contributed by atoms with Crippen LogP contribution in [0.5, 0.6) is 0 Å². The standard InChI is InChI=1S/2C17H20O6.H2O/c2*1-7-4-12(22-9(3)19)14-8(2)17(21)23-16(14)15-10(6-18)5-11(20)13(7)15;/h2*5,8,12,14-16,18H,4,6H2,1-3H3;1H2/t2*8-,12-,14+,15-,16-;/m00./s1. The molecular weight excluding hydrogens is 616 g/mol. The zero-order valence-corrected chi connectivity index (χ0v) is 27.2.